The molecule has 0 N–H and O–H groups in total. The molecular weight excluding hydrogens is 707 g/mol. The molecule has 272 valence electrons. The lowest BCUT2D eigenvalue weighted by molar-refractivity contribution is 1.07. The monoisotopic (exact) mass is 741 g/mol. The van der Waals surface area contributed by atoms with Crippen LogP contribution in [0, 0.1) is 0 Å². The van der Waals surface area contributed by atoms with Gasteiger partial charge in [-0.25, -0.2) is 15.0 Å². The number of rotatable bonds is 7. The van der Waals surface area contributed by atoms with Crippen LogP contribution in [0.3, 0.4) is 0 Å². The second kappa shape index (κ2) is 14.0. The minimum atomic E-state index is 0.612. The van der Waals surface area contributed by atoms with Gasteiger partial charge in [-0.15, -0.1) is 0 Å². The smallest absolute Gasteiger partial charge is 0.164 e. The summed E-state index contributed by atoms with van der Waals surface area (Å²) in [6, 6.07) is 74.4. The standard InChI is InChI=1S/C53H35N5/c1-4-17-36(18-5-1)38-21-14-24-41(33-38)50-54-51(42-25-15-22-39(34-42)37-19-6-2-7-20-37)56-52(55-50)43-26-16-23-40(35-43)49-45-29-10-11-30-46(45)58-48-32-13-12-31-47(48)57(53(49)58)44-27-8-3-9-28-44/h1-35H. The summed E-state index contributed by atoms with van der Waals surface area (Å²) in [6.07, 6.45) is 0. The molecule has 0 saturated heterocycles. The van der Waals surface area contributed by atoms with Crippen molar-refractivity contribution >= 4 is 27.6 Å². The Hall–Kier alpha value is -7.89. The summed E-state index contributed by atoms with van der Waals surface area (Å²) in [4.78, 5) is 15.6. The van der Waals surface area contributed by atoms with Crippen LogP contribution in [0.25, 0.3) is 101 Å². The van der Waals surface area contributed by atoms with Crippen molar-refractivity contribution in [1.82, 2.24) is 23.9 Å². The molecule has 0 unspecified atom stereocenters. The van der Waals surface area contributed by atoms with Gasteiger partial charge in [0.15, 0.2) is 17.5 Å². The Kier molecular flexibility index (Phi) is 8.07. The van der Waals surface area contributed by atoms with E-state index < -0.39 is 0 Å². The third kappa shape index (κ3) is 5.76. The van der Waals surface area contributed by atoms with Gasteiger partial charge in [0.05, 0.1) is 16.6 Å². The van der Waals surface area contributed by atoms with E-state index in [1.165, 1.54) is 5.39 Å². The SMILES string of the molecule is c1ccc(-c2cccc(-c3nc(-c4cccc(-c5ccccc5)c4)nc(-c4cccc(-c5c6ccccc6n6c7ccccc7n(-c7ccccc7)c56)c4)n3)c2)cc1. The molecule has 8 aromatic carbocycles. The van der Waals surface area contributed by atoms with Gasteiger partial charge in [-0.05, 0) is 76.3 Å². The summed E-state index contributed by atoms with van der Waals surface area (Å²) in [5.74, 6) is 1.85. The van der Waals surface area contributed by atoms with Crippen molar-refractivity contribution < 1.29 is 0 Å². The number of hydrogen-bond acceptors (Lipinski definition) is 3. The number of imidazole rings is 1. The fourth-order valence-corrected chi connectivity index (χ4v) is 8.28. The van der Waals surface area contributed by atoms with E-state index in [1.807, 2.05) is 12.1 Å². The van der Waals surface area contributed by atoms with Gasteiger partial charge >= 0.3 is 0 Å². The van der Waals surface area contributed by atoms with E-state index in [-0.39, 0.29) is 0 Å². The number of para-hydroxylation sites is 4. The minimum absolute atomic E-state index is 0.612. The van der Waals surface area contributed by atoms with Crippen molar-refractivity contribution in [1.29, 1.82) is 0 Å². The normalized spacial score (nSPS) is 11.4. The number of hydrogen-bond donors (Lipinski definition) is 0. The van der Waals surface area contributed by atoms with Crippen molar-refractivity contribution in [3.63, 3.8) is 0 Å². The summed E-state index contributed by atoms with van der Waals surface area (Å²) >= 11 is 0. The molecule has 0 saturated carbocycles. The first-order chi connectivity index (χ1) is 28.8. The molecule has 58 heavy (non-hydrogen) atoms. The Bertz CT molecular complexity index is 3170. The van der Waals surface area contributed by atoms with Crippen LogP contribution in [0.1, 0.15) is 0 Å². The topological polar surface area (TPSA) is 48.0 Å². The zero-order valence-corrected chi connectivity index (χ0v) is 31.4. The van der Waals surface area contributed by atoms with Crippen LogP contribution in [0.2, 0.25) is 0 Å². The predicted molar refractivity (Wildman–Crippen MR) is 238 cm³/mol. The highest BCUT2D eigenvalue weighted by molar-refractivity contribution is 6.09. The molecule has 5 heteroatoms. The highest BCUT2D eigenvalue weighted by Crippen LogP contribution is 2.41. The molecule has 0 amide bonds. The van der Waals surface area contributed by atoms with Gasteiger partial charge in [-0.2, -0.15) is 0 Å². The van der Waals surface area contributed by atoms with E-state index in [0.29, 0.717) is 17.5 Å². The van der Waals surface area contributed by atoms with Crippen LogP contribution in [0.5, 0.6) is 0 Å². The highest BCUT2D eigenvalue weighted by Gasteiger charge is 2.23. The summed E-state index contributed by atoms with van der Waals surface area (Å²) in [7, 11) is 0. The second-order valence-electron chi connectivity index (χ2n) is 14.5. The average molecular weight is 742 g/mol. The third-order valence-corrected chi connectivity index (χ3v) is 10.9. The maximum Gasteiger partial charge on any atom is 0.164 e. The van der Waals surface area contributed by atoms with Gasteiger partial charge in [0.2, 0.25) is 0 Å². The summed E-state index contributed by atoms with van der Waals surface area (Å²) < 4.78 is 4.79. The molecule has 11 rings (SSSR count). The molecule has 0 fully saturated rings. The zero-order valence-electron chi connectivity index (χ0n) is 31.4. The van der Waals surface area contributed by atoms with Gasteiger partial charge in [0.1, 0.15) is 5.65 Å². The summed E-state index contributed by atoms with van der Waals surface area (Å²) in [6.45, 7) is 0. The van der Waals surface area contributed by atoms with Gasteiger partial charge in [-0.1, -0.05) is 164 Å². The molecule has 5 nitrogen and oxygen atoms in total. The maximum atomic E-state index is 5.23. The molecule has 0 aliphatic rings. The van der Waals surface area contributed by atoms with Crippen molar-refractivity contribution in [3.05, 3.63) is 212 Å². The van der Waals surface area contributed by atoms with Gasteiger partial charge in [0.25, 0.3) is 0 Å². The molecule has 3 aromatic heterocycles. The Morgan fingerprint density at radius 3 is 1.24 bits per heavy atom. The molecule has 0 aliphatic heterocycles. The van der Waals surface area contributed by atoms with Gasteiger partial charge in [0, 0.05) is 33.3 Å². The fourth-order valence-electron chi connectivity index (χ4n) is 8.28. The Morgan fingerprint density at radius 1 is 0.293 bits per heavy atom. The van der Waals surface area contributed by atoms with Crippen LogP contribution >= 0.6 is 0 Å². The first kappa shape index (κ1) is 33.4. The van der Waals surface area contributed by atoms with E-state index in [1.54, 1.807) is 0 Å². The van der Waals surface area contributed by atoms with Crippen LogP contribution in [-0.2, 0) is 0 Å². The Balaban J connectivity index is 1.13. The largest absolute Gasteiger partial charge is 0.293 e. The van der Waals surface area contributed by atoms with E-state index >= 15 is 0 Å². The molecular formula is C53H35N5. The lowest BCUT2D eigenvalue weighted by Gasteiger charge is -2.12. The number of nitrogens with zero attached hydrogens (tertiary/aromatic N) is 5. The number of benzene rings is 8. The van der Waals surface area contributed by atoms with Crippen molar-refractivity contribution in [3.8, 4) is 73.2 Å². The lowest BCUT2D eigenvalue weighted by Crippen LogP contribution is -2.00. The molecule has 0 bridgehead atoms. The van der Waals surface area contributed by atoms with Crippen LogP contribution in [0.15, 0.2) is 212 Å². The minimum Gasteiger partial charge on any atom is -0.293 e. The predicted octanol–water partition coefficient (Wildman–Crippen LogP) is 13.2. The molecule has 0 radical (unpaired) electrons. The molecule has 11 aromatic rings. The van der Waals surface area contributed by atoms with Gasteiger partial charge in [-0.3, -0.25) is 8.97 Å². The zero-order chi connectivity index (χ0) is 38.4. The molecule has 3 heterocycles. The first-order valence-electron chi connectivity index (χ1n) is 19.5. The van der Waals surface area contributed by atoms with E-state index in [2.05, 4.69) is 209 Å². The van der Waals surface area contributed by atoms with Gasteiger partial charge < -0.3 is 0 Å². The average Bonchev–Trinajstić information content (AvgIpc) is 3.82. The van der Waals surface area contributed by atoms with Crippen molar-refractivity contribution in [2.75, 3.05) is 0 Å². The number of aromatic nitrogens is 5. The lowest BCUT2D eigenvalue weighted by atomic mass is 10.0. The van der Waals surface area contributed by atoms with Crippen molar-refractivity contribution in [2.45, 2.75) is 0 Å². The highest BCUT2D eigenvalue weighted by atomic mass is 15.1. The fraction of sp³-hybridized carbons (Fsp3) is 0. The molecule has 0 aliphatic carbocycles. The van der Waals surface area contributed by atoms with Crippen LogP contribution in [-0.4, -0.2) is 23.9 Å². The summed E-state index contributed by atoms with van der Waals surface area (Å²) in [5.41, 5.74) is 15.2. The Morgan fingerprint density at radius 2 is 0.690 bits per heavy atom. The van der Waals surface area contributed by atoms with E-state index in [4.69, 9.17) is 15.0 Å². The van der Waals surface area contributed by atoms with Crippen molar-refractivity contribution in [2.24, 2.45) is 0 Å². The molecule has 0 atom stereocenters. The first-order valence-corrected chi connectivity index (χ1v) is 19.5. The van der Waals surface area contributed by atoms with Crippen LogP contribution in [0.4, 0.5) is 0 Å². The van der Waals surface area contributed by atoms with Crippen LogP contribution < -0.4 is 0 Å². The van der Waals surface area contributed by atoms with E-state index in [9.17, 15) is 0 Å². The quantitative estimate of drug-likeness (QED) is 0.163. The summed E-state index contributed by atoms with van der Waals surface area (Å²) in [5, 5.41) is 1.18. The van der Waals surface area contributed by atoms with E-state index in [0.717, 1.165) is 78.0 Å². The maximum absolute atomic E-state index is 5.23. The molecule has 0 spiro atoms. The Labute approximate surface area is 335 Å². The number of fused-ring (bicyclic) bond motifs is 5. The second-order valence-corrected chi connectivity index (χ2v) is 14.5. The third-order valence-electron chi connectivity index (χ3n) is 10.9.